The topological polar surface area (TPSA) is 78.5 Å². The highest BCUT2D eigenvalue weighted by molar-refractivity contribution is 5.92. The molecule has 2 aromatic rings. The Morgan fingerprint density at radius 3 is 2.48 bits per heavy atom. The fourth-order valence-corrected chi connectivity index (χ4v) is 1.65. The summed E-state index contributed by atoms with van der Waals surface area (Å²) in [5, 5.41) is 13.2. The number of carboxylic acid groups (broad SMARTS) is 1. The van der Waals surface area contributed by atoms with E-state index in [-0.39, 0.29) is 17.0 Å². The van der Waals surface area contributed by atoms with Crippen LogP contribution >= 0.6 is 0 Å². The van der Waals surface area contributed by atoms with Gasteiger partial charge in [-0.3, -0.25) is 4.79 Å². The molecule has 0 aliphatic heterocycles. The van der Waals surface area contributed by atoms with E-state index in [1.165, 1.54) is 36.4 Å². The summed E-state index contributed by atoms with van der Waals surface area (Å²) in [5.74, 6) is -2.56. The molecule has 0 aliphatic rings. The minimum absolute atomic E-state index is 0.0150. The summed E-state index contributed by atoms with van der Waals surface area (Å²) in [4.78, 5) is 22.5. The highest BCUT2D eigenvalue weighted by Gasteiger charge is 2.09. The van der Waals surface area contributed by atoms with Gasteiger partial charge in [-0.15, -0.1) is 0 Å². The van der Waals surface area contributed by atoms with Gasteiger partial charge in [0.15, 0.2) is 6.61 Å². The molecule has 2 rings (SSSR count). The quantitative estimate of drug-likeness (QED) is 0.897. The summed E-state index contributed by atoms with van der Waals surface area (Å²) in [7, 11) is 0. The number of benzene rings is 2. The lowest BCUT2D eigenvalue weighted by atomic mass is 10.2. The van der Waals surface area contributed by atoms with Gasteiger partial charge in [-0.05, 0) is 24.3 Å². The number of carbonyl (C=O) groups is 2. The van der Waals surface area contributed by atoms with E-state index in [9.17, 15) is 19.1 Å². The Balaban J connectivity index is 1.99. The molecule has 2 aromatic carbocycles. The monoisotopic (exact) mass is 288 g/mol. The molecular formula is C15H11FNO4-. The van der Waals surface area contributed by atoms with Crippen LogP contribution in [0.4, 0.5) is 10.1 Å². The maximum absolute atomic E-state index is 13.3. The maximum atomic E-state index is 13.3. The number of para-hydroxylation sites is 2. The van der Waals surface area contributed by atoms with E-state index in [1.54, 1.807) is 12.1 Å². The Morgan fingerprint density at radius 2 is 1.76 bits per heavy atom. The van der Waals surface area contributed by atoms with Crippen molar-refractivity contribution < 1.29 is 23.8 Å². The summed E-state index contributed by atoms with van der Waals surface area (Å²) in [6.45, 7) is -0.446. The third-order valence-corrected chi connectivity index (χ3v) is 2.61. The Hall–Kier alpha value is -2.89. The zero-order valence-corrected chi connectivity index (χ0v) is 10.8. The molecule has 6 heteroatoms. The Bertz CT molecular complexity index is 672. The van der Waals surface area contributed by atoms with Gasteiger partial charge in [-0.2, -0.15) is 0 Å². The van der Waals surface area contributed by atoms with Gasteiger partial charge >= 0.3 is 0 Å². The number of anilines is 1. The van der Waals surface area contributed by atoms with Gasteiger partial charge in [-0.1, -0.05) is 24.3 Å². The number of hydrogen-bond acceptors (Lipinski definition) is 4. The van der Waals surface area contributed by atoms with Gasteiger partial charge in [0.05, 0.1) is 11.7 Å². The van der Waals surface area contributed by atoms with E-state index in [1.807, 2.05) is 0 Å². The van der Waals surface area contributed by atoms with Crippen LogP contribution in [0.5, 0.6) is 5.75 Å². The molecular weight excluding hydrogens is 277 g/mol. The molecule has 0 spiro atoms. The van der Waals surface area contributed by atoms with Gasteiger partial charge < -0.3 is 20.0 Å². The average molecular weight is 288 g/mol. The lowest BCUT2D eigenvalue weighted by molar-refractivity contribution is -0.255. The molecule has 5 nitrogen and oxygen atoms in total. The van der Waals surface area contributed by atoms with Gasteiger partial charge in [0.2, 0.25) is 0 Å². The zero-order chi connectivity index (χ0) is 15.2. The van der Waals surface area contributed by atoms with Crippen LogP contribution in [0.15, 0.2) is 48.5 Å². The van der Waals surface area contributed by atoms with Gasteiger partial charge in [0.25, 0.3) is 5.91 Å². The van der Waals surface area contributed by atoms with Crippen LogP contribution in [0.3, 0.4) is 0 Å². The molecule has 0 fully saturated rings. The number of ether oxygens (including phenoxy) is 1. The van der Waals surface area contributed by atoms with E-state index < -0.39 is 24.3 Å². The minimum Gasteiger partial charge on any atom is -0.545 e. The van der Waals surface area contributed by atoms with Crippen molar-refractivity contribution in [1.29, 1.82) is 0 Å². The molecule has 1 N–H and O–H groups in total. The molecule has 0 radical (unpaired) electrons. The van der Waals surface area contributed by atoms with Gasteiger partial charge in [0, 0.05) is 5.56 Å². The van der Waals surface area contributed by atoms with Crippen molar-refractivity contribution >= 4 is 17.6 Å². The Kier molecular flexibility index (Phi) is 4.50. The van der Waals surface area contributed by atoms with Crippen LogP contribution in [-0.4, -0.2) is 18.5 Å². The predicted molar refractivity (Wildman–Crippen MR) is 71.3 cm³/mol. The fraction of sp³-hybridized carbons (Fsp3) is 0.0667. The minimum atomic E-state index is -1.40. The van der Waals surface area contributed by atoms with Crippen LogP contribution in [0, 0.1) is 5.82 Å². The molecule has 0 bridgehead atoms. The molecule has 0 aliphatic carbocycles. The highest BCUT2D eigenvalue weighted by Crippen LogP contribution is 2.17. The highest BCUT2D eigenvalue weighted by atomic mass is 19.1. The molecule has 0 saturated heterocycles. The zero-order valence-electron chi connectivity index (χ0n) is 10.8. The summed E-state index contributed by atoms with van der Waals surface area (Å²) >= 11 is 0. The number of carbonyl (C=O) groups excluding carboxylic acids is 2. The largest absolute Gasteiger partial charge is 0.545 e. The van der Waals surface area contributed by atoms with Crippen LogP contribution < -0.4 is 15.2 Å². The number of aromatic carboxylic acids is 1. The summed E-state index contributed by atoms with van der Waals surface area (Å²) in [6.07, 6.45) is 0. The molecule has 108 valence electrons. The van der Waals surface area contributed by atoms with Crippen LogP contribution in [0.2, 0.25) is 0 Å². The van der Waals surface area contributed by atoms with E-state index >= 15 is 0 Å². The third kappa shape index (κ3) is 3.79. The summed E-state index contributed by atoms with van der Waals surface area (Å²) < 4.78 is 18.5. The molecule has 0 saturated carbocycles. The van der Waals surface area contributed by atoms with E-state index in [2.05, 4.69) is 5.32 Å². The lowest BCUT2D eigenvalue weighted by Gasteiger charge is -2.12. The standard InChI is InChI=1S/C15H12FNO4/c16-11-6-2-3-7-12(11)17-14(18)9-21-13-8-4-1-5-10(13)15(19)20/h1-8H,9H2,(H,17,18)(H,19,20)/p-1. The fourth-order valence-electron chi connectivity index (χ4n) is 1.65. The smallest absolute Gasteiger partial charge is 0.262 e. The average Bonchev–Trinajstić information content (AvgIpc) is 2.48. The number of amides is 1. The van der Waals surface area contributed by atoms with E-state index in [0.717, 1.165) is 0 Å². The number of hydrogen-bond donors (Lipinski definition) is 1. The summed E-state index contributed by atoms with van der Waals surface area (Å²) in [6, 6.07) is 11.5. The normalized spacial score (nSPS) is 9.95. The SMILES string of the molecule is O=C(COc1ccccc1C(=O)[O-])Nc1ccccc1F. The first-order chi connectivity index (χ1) is 10.1. The number of rotatable bonds is 5. The van der Waals surface area contributed by atoms with Crippen molar-refractivity contribution in [3.05, 3.63) is 59.9 Å². The molecule has 0 atom stereocenters. The number of nitrogens with one attached hydrogen (secondary N) is 1. The molecule has 1 amide bonds. The van der Waals surface area contributed by atoms with Gasteiger partial charge in [-0.25, -0.2) is 4.39 Å². The first-order valence-corrected chi connectivity index (χ1v) is 6.05. The third-order valence-electron chi connectivity index (χ3n) is 2.61. The van der Waals surface area contributed by atoms with Crippen LogP contribution in [0.1, 0.15) is 10.4 Å². The Morgan fingerprint density at radius 1 is 1.10 bits per heavy atom. The second-order valence-corrected chi connectivity index (χ2v) is 4.10. The second-order valence-electron chi connectivity index (χ2n) is 4.10. The second kappa shape index (κ2) is 6.51. The maximum Gasteiger partial charge on any atom is 0.262 e. The first kappa shape index (κ1) is 14.5. The Labute approximate surface area is 120 Å². The van der Waals surface area contributed by atoms with Crippen molar-refractivity contribution in [3.8, 4) is 5.75 Å². The van der Waals surface area contributed by atoms with E-state index in [4.69, 9.17) is 4.74 Å². The first-order valence-electron chi connectivity index (χ1n) is 6.05. The predicted octanol–water partition coefficient (Wildman–Crippen LogP) is 1.21. The van der Waals surface area contributed by atoms with Gasteiger partial charge in [0.1, 0.15) is 11.6 Å². The van der Waals surface area contributed by atoms with E-state index in [0.29, 0.717) is 0 Å². The molecule has 0 aromatic heterocycles. The molecule has 21 heavy (non-hydrogen) atoms. The number of halogens is 1. The van der Waals surface area contributed by atoms with Crippen LogP contribution in [0.25, 0.3) is 0 Å². The van der Waals surface area contributed by atoms with Crippen molar-refractivity contribution in [2.45, 2.75) is 0 Å². The van der Waals surface area contributed by atoms with Crippen molar-refractivity contribution in [2.24, 2.45) is 0 Å². The molecule has 0 heterocycles. The lowest BCUT2D eigenvalue weighted by Crippen LogP contribution is -2.25. The van der Waals surface area contributed by atoms with Crippen molar-refractivity contribution in [3.63, 3.8) is 0 Å². The number of carboxylic acids is 1. The van der Waals surface area contributed by atoms with Crippen LogP contribution in [-0.2, 0) is 4.79 Å². The van der Waals surface area contributed by atoms with Crippen molar-refractivity contribution in [2.75, 3.05) is 11.9 Å². The van der Waals surface area contributed by atoms with Crippen molar-refractivity contribution in [1.82, 2.24) is 0 Å². The molecule has 0 unspecified atom stereocenters. The summed E-state index contributed by atoms with van der Waals surface area (Å²) in [5.41, 5.74) is -0.129.